The fraction of sp³-hybridized carbons (Fsp3) is 0.300. The second kappa shape index (κ2) is 8.73. The van der Waals surface area contributed by atoms with E-state index in [1.165, 1.54) is 0 Å². The lowest BCUT2D eigenvalue weighted by Gasteiger charge is -2.39. The topological polar surface area (TPSA) is 58.6 Å². The highest BCUT2D eigenvalue weighted by Crippen LogP contribution is 2.12. The standard InChI is InChI=1S/C20H20F2N2O3/c21-16-6-7-18(22)15(8-16)9-19(25)23-17-10-24(11-17)20(26)13-27-12-14-4-2-1-3-5-14/h1-8,17H,9-13H2,(H,23,25). The molecule has 1 fully saturated rings. The summed E-state index contributed by atoms with van der Waals surface area (Å²) < 4.78 is 32.1. The first kappa shape index (κ1) is 19.0. The monoisotopic (exact) mass is 374 g/mol. The SMILES string of the molecule is O=C(Cc1cc(F)ccc1F)NC1CN(C(=O)COCc2ccccc2)C1. The van der Waals surface area contributed by atoms with Crippen LogP contribution in [0.1, 0.15) is 11.1 Å². The molecule has 0 saturated carbocycles. The predicted octanol–water partition coefficient (Wildman–Crippen LogP) is 2.05. The van der Waals surface area contributed by atoms with Crippen LogP contribution in [0.2, 0.25) is 0 Å². The van der Waals surface area contributed by atoms with Gasteiger partial charge in [0, 0.05) is 18.7 Å². The van der Waals surface area contributed by atoms with Crippen LogP contribution < -0.4 is 5.32 Å². The fourth-order valence-electron chi connectivity index (χ4n) is 2.83. The van der Waals surface area contributed by atoms with Gasteiger partial charge in [0.2, 0.25) is 11.8 Å². The fourth-order valence-corrected chi connectivity index (χ4v) is 2.83. The number of nitrogens with zero attached hydrogens (tertiary/aromatic N) is 1. The van der Waals surface area contributed by atoms with E-state index in [1.54, 1.807) is 4.90 Å². The third-order valence-corrected chi connectivity index (χ3v) is 4.30. The van der Waals surface area contributed by atoms with Crippen molar-refractivity contribution in [3.8, 4) is 0 Å². The number of amides is 2. The molecule has 0 bridgehead atoms. The highest BCUT2D eigenvalue weighted by atomic mass is 19.1. The lowest BCUT2D eigenvalue weighted by Crippen LogP contribution is -2.61. The quantitative estimate of drug-likeness (QED) is 0.807. The molecule has 2 aromatic rings. The van der Waals surface area contributed by atoms with Gasteiger partial charge in [-0.05, 0) is 23.8 Å². The Morgan fingerprint density at radius 1 is 1.11 bits per heavy atom. The second-order valence-corrected chi connectivity index (χ2v) is 6.45. The molecule has 1 heterocycles. The number of carbonyl (C=O) groups is 2. The van der Waals surface area contributed by atoms with Gasteiger partial charge in [0.15, 0.2) is 0 Å². The summed E-state index contributed by atoms with van der Waals surface area (Å²) >= 11 is 0. The molecule has 0 atom stereocenters. The van der Waals surface area contributed by atoms with Crippen LogP contribution in [0.3, 0.4) is 0 Å². The summed E-state index contributed by atoms with van der Waals surface area (Å²) in [5, 5.41) is 2.72. The smallest absolute Gasteiger partial charge is 0.248 e. The highest BCUT2D eigenvalue weighted by molar-refractivity contribution is 5.81. The molecule has 1 aliphatic rings. The van der Waals surface area contributed by atoms with Crippen molar-refractivity contribution in [1.82, 2.24) is 10.2 Å². The van der Waals surface area contributed by atoms with E-state index in [1.807, 2.05) is 30.3 Å². The Kier molecular flexibility index (Phi) is 6.13. The Morgan fingerprint density at radius 3 is 2.59 bits per heavy atom. The van der Waals surface area contributed by atoms with Gasteiger partial charge in [-0.2, -0.15) is 0 Å². The molecule has 7 heteroatoms. The Labute approximate surface area is 155 Å². The van der Waals surface area contributed by atoms with Crippen molar-refractivity contribution >= 4 is 11.8 Å². The van der Waals surface area contributed by atoms with E-state index in [-0.39, 0.29) is 30.5 Å². The molecule has 2 aromatic carbocycles. The summed E-state index contributed by atoms with van der Waals surface area (Å²) in [7, 11) is 0. The van der Waals surface area contributed by atoms with Crippen LogP contribution >= 0.6 is 0 Å². The summed E-state index contributed by atoms with van der Waals surface area (Å²) in [5.74, 6) is -1.76. The van der Waals surface area contributed by atoms with Gasteiger partial charge in [0.1, 0.15) is 18.2 Å². The molecule has 0 spiro atoms. The third kappa shape index (κ3) is 5.34. The third-order valence-electron chi connectivity index (χ3n) is 4.30. The van der Waals surface area contributed by atoms with Crippen LogP contribution in [0, 0.1) is 11.6 Å². The number of hydrogen-bond donors (Lipinski definition) is 1. The van der Waals surface area contributed by atoms with Gasteiger partial charge in [-0.3, -0.25) is 9.59 Å². The Balaban J connectivity index is 1.36. The molecule has 5 nitrogen and oxygen atoms in total. The first-order chi connectivity index (χ1) is 13.0. The number of benzene rings is 2. The molecule has 0 aromatic heterocycles. The first-order valence-electron chi connectivity index (χ1n) is 8.64. The summed E-state index contributed by atoms with van der Waals surface area (Å²) in [6.07, 6.45) is -0.242. The molecule has 0 unspecified atom stereocenters. The first-order valence-corrected chi connectivity index (χ1v) is 8.64. The zero-order valence-electron chi connectivity index (χ0n) is 14.7. The molecular weight excluding hydrogens is 354 g/mol. The van der Waals surface area contributed by atoms with E-state index in [4.69, 9.17) is 4.74 Å². The van der Waals surface area contributed by atoms with Crippen molar-refractivity contribution in [3.05, 3.63) is 71.3 Å². The largest absolute Gasteiger partial charge is 0.367 e. The van der Waals surface area contributed by atoms with Crippen LogP contribution in [0.25, 0.3) is 0 Å². The van der Waals surface area contributed by atoms with Gasteiger partial charge >= 0.3 is 0 Å². The van der Waals surface area contributed by atoms with Crippen molar-refractivity contribution in [2.45, 2.75) is 19.1 Å². The molecule has 1 saturated heterocycles. The number of halogens is 2. The van der Waals surface area contributed by atoms with Crippen molar-refractivity contribution in [2.24, 2.45) is 0 Å². The number of ether oxygens (including phenoxy) is 1. The zero-order valence-corrected chi connectivity index (χ0v) is 14.7. The maximum absolute atomic E-state index is 13.6. The molecule has 2 amide bonds. The number of nitrogens with one attached hydrogen (secondary N) is 1. The van der Waals surface area contributed by atoms with Crippen LogP contribution in [0.15, 0.2) is 48.5 Å². The van der Waals surface area contributed by atoms with Crippen LogP contribution in [-0.4, -0.2) is 42.5 Å². The summed E-state index contributed by atoms with van der Waals surface area (Å²) in [6.45, 7) is 1.10. The van der Waals surface area contributed by atoms with Crippen molar-refractivity contribution in [2.75, 3.05) is 19.7 Å². The van der Waals surface area contributed by atoms with Crippen molar-refractivity contribution < 1.29 is 23.1 Å². The number of carbonyl (C=O) groups excluding carboxylic acids is 2. The van der Waals surface area contributed by atoms with Crippen molar-refractivity contribution in [1.29, 1.82) is 0 Å². The van der Waals surface area contributed by atoms with E-state index in [0.717, 1.165) is 23.8 Å². The average molecular weight is 374 g/mol. The molecule has 0 aliphatic carbocycles. The Morgan fingerprint density at radius 2 is 1.85 bits per heavy atom. The summed E-state index contributed by atoms with van der Waals surface area (Å²) in [5.41, 5.74) is 0.998. The molecule has 1 N–H and O–H groups in total. The minimum Gasteiger partial charge on any atom is -0.367 e. The predicted molar refractivity (Wildman–Crippen MR) is 94.7 cm³/mol. The van der Waals surface area contributed by atoms with Crippen molar-refractivity contribution in [3.63, 3.8) is 0 Å². The number of likely N-dealkylation sites (tertiary alicyclic amines) is 1. The number of rotatable bonds is 7. The van der Waals surface area contributed by atoms with E-state index in [0.29, 0.717) is 19.7 Å². The highest BCUT2D eigenvalue weighted by Gasteiger charge is 2.31. The van der Waals surface area contributed by atoms with Crippen LogP contribution in [0.5, 0.6) is 0 Å². The molecule has 142 valence electrons. The van der Waals surface area contributed by atoms with E-state index in [2.05, 4.69) is 5.32 Å². The summed E-state index contributed by atoms with van der Waals surface area (Å²) in [4.78, 5) is 25.6. The van der Waals surface area contributed by atoms with E-state index in [9.17, 15) is 18.4 Å². The van der Waals surface area contributed by atoms with Gasteiger partial charge in [-0.25, -0.2) is 8.78 Å². The number of hydrogen-bond acceptors (Lipinski definition) is 3. The van der Waals surface area contributed by atoms with Gasteiger partial charge < -0.3 is 15.0 Å². The normalized spacial score (nSPS) is 13.9. The lowest BCUT2D eigenvalue weighted by atomic mass is 10.1. The van der Waals surface area contributed by atoms with Crippen LogP contribution in [-0.2, 0) is 27.4 Å². The minimum atomic E-state index is -0.618. The van der Waals surface area contributed by atoms with Gasteiger partial charge in [0.25, 0.3) is 0 Å². The summed E-state index contributed by atoms with van der Waals surface area (Å²) in [6, 6.07) is 12.4. The van der Waals surface area contributed by atoms with E-state index < -0.39 is 17.5 Å². The Bertz CT molecular complexity index is 808. The van der Waals surface area contributed by atoms with E-state index >= 15 is 0 Å². The molecular formula is C20H20F2N2O3. The maximum Gasteiger partial charge on any atom is 0.248 e. The molecule has 27 heavy (non-hydrogen) atoms. The molecule has 3 rings (SSSR count). The molecule has 0 radical (unpaired) electrons. The van der Waals surface area contributed by atoms with Crippen LogP contribution in [0.4, 0.5) is 8.78 Å². The average Bonchev–Trinajstić information content (AvgIpc) is 2.61. The second-order valence-electron chi connectivity index (χ2n) is 6.45. The maximum atomic E-state index is 13.6. The molecule has 1 aliphatic heterocycles. The van der Waals surface area contributed by atoms with Gasteiger partial charge in [0.05, 0.1) is 19.1 Å². The minimum absolute atomic E-state index is 0.00840. The lowest BCUT2D eigenvalue weighted by molar-refractivity contribution is -0.142. The van der Waals surface area contributed by atoms with Gasteiger partial charge in [-0.1, -0.05) is 30.3 Å². The Hall–Kier alpha value is -2.80. The van der Waals surface area contributed by atoms with Gasteiger partial charge in [-0.15, -0.1) is 0 Å². The zero-order chi connectivity index (χ0) is 19.2.